The van der Waals surface area contributed by atoms with Crippen molar-refractivity contribution in [3.63, 3.8) is 0 Å². The van der Waals surface area contributed by atoms with Crippen molar-refractivity contribution in [3.05, 3.63) is 174 Å². The number of nitrogens with zero attached hydrogens (tertiary/aromatic N) is 1. The molecule has 0 atom stereocenters. The molecule has 8 aromatic rings. The minimum absolute atomic E-state index is 0.378. The molecule has 7 aromatic carbocycles. The molecule has 2 aliphatic carbocycles. The molecule has 1 aromatic heterocycles. The molecule has 0 fully saturated rings. The Kier molecular flexibility index (Phi) is 4.18. The van der Waals surface area contributed by atoms with Gasteiger partial charge in [-0.2, -0.15) is 0 Å². The van der Waals surface area contributed by atoms with E-state index in [2.05, 4.69) is 156 Å². The molecular formula is C41H25N. The molecule has 0 saturated heterocycles. The van der Waals surface area contributed by atoms with Crippen LogP contribution >= 0.6 is 0 Å². The van der Waals surface area contributed by atoms with Crippen LogP contribution in [0.25, 0.3) is 60.5 Å². The maximum Gasteiger partial charge on any atom is 0.0726 e. The van der Waals surface area contributed by atoms with Gasteiger partial charge in [-0.05, 0) is 68.1 Å². The molecule has 0 N–H and O–H groups in total. The first kappa shape index (κ1) is 22.3. The largest absolute Gasteiger partial charge is 0.309 e. The molecule has 1 spiro atoms. The first-order valence-corrected chi connectivity index (χ1v) is 14.7. The molecule has 0 radical (unpaired) electrons. The second-order valence-corrected chi connectivity index (χ2v) is 11.6. The maximum atomic E-state index is 2.52. The van der Waals surface area contributed by atoms with Gasteiger partial charge in [-0.15, -0.1) is 0 Å². The van der Waals surface area contributed by atoms with Crippen LogP contribution in [-0.2, 0) is 5.41 Å². The van der Waals surface area contributed by atoms with Crippen LogP contribution in [0.5, 0.6) is 0 Å². The molecule has 0 amide bonds. The monoisotopic (exact) mass is 531 g/mol. The van der Waals surface area contributed by atoms with Gasteiger partial charge in [0.15, 0.2) is 0 Å². The van der Waals surface area contributed by atoms with Gasteiger partial charge in [-0.1, -0.05) is 133 Å². The van der Waals surface area contributed by atoms with E-state index in [0.29, 0.717) is 0 Å². The Morgan fingerprint density at radius 2 is 0.786 bits per heavy atom. The van der Waals surface area contributed by atoms with Gasteiger partial charge in [0.1, 0.15) is 0 Å². The lowest BCUT2D eigenvalue weighted by Gasteiger charge is -2.31. The average molecular weight is 532 g/mol. The zero-order valence-corrected chi connectivity index (χ0v) is 22.9. The van der Waals surface area contributed by atoms with E-state index in [1.165, 1.54) is 82.8 Å². The van der Waals surface area contributed by atoms with E-state index in [1.54, 1.807) is 0 Å². The lowest BCUT2D eigenvalue weighted by atomic mass is 9.70. The van der Waals surface area contributed by atoms with E-state index >= 15 is 0 Å². The molecule has 2 aliphatic rings. The Balaban J connectivity index is 1.45. The van der Waals surface area contributed by atoms with Crippen molar-refractivity contribution in [2.75, 3.05) is 0 Å². The normalized spacial score (nSPS) is 13.9. The number of benzene rings is 7. The maximum absolute atomic E-state index is 2.52. The SMILES string of the molecule is c1ccc2c(c1)-c1ccccc1C21c2ccccc2-c2c1cc(-n1c3ccccc3c3ccccc31)c1ccccc21. The van der Waals surface area contributed by atoms with Crippen LogP contribution in [0.2, 0.25) is 0 Å². The summed E-state index contributed by atoms with van der Waals surface area (Å²) in [5.41, 5.74) is 14.2. The highest BCUT2D eigenvalue weighted by atomic mass is 15.0. The number of rotatable bonds is 1. The molecule has 42 heavy (non-hydrogen) atoms. The Morgan fingerprint density at radius 1 is 0.357 bits per heavy atom. The minimum Gasteiger partial charge on any atom is -0.309 e. The highest BCUT2D eigenvalue weighted by molar-refractivity contribution is 6.13. The third-order valence-corrected chi connectivity index (χ3v) is 9.80. The predicted octanol–water partition coefficient (Wildman–Crippen LogP) is 10.3. The molecule has 0 unspecified atom stereocenters. The van der Waals surface area contributed by atoms with Gasteiger partial charge in [0.25, 0.3) is 0 Å². The summed E-state index contributed by atoms with van der Waals surface area (Å²) in [5, 5.41) is 5.15. The number of aromatic nitrogens is 1. The molecule has 1 nitrogen and oxygen atoms in total. The molecule has 194 valence electrons. The Morgan fingerprint density at radius 3 is 1.38 bits per heavy atom. The number of fused-ring (bicyclic) bond motifs is 15. The fourth-order valence-corrected chi connectivity index (χ4v) is 8.30. The van der Waals surface area contributed by atoms with Crippen LogP contribution < -0.4 is 0 Å². The Bertz CT molecular complexity index is 2320. The molecule has 1 heterocycles. The quantitative estimate of drug-likeness (QED) is 0.199. The van der Waals surface area contributed by atoms with E-state index in [4.69, 9.17) is 0 Å². The van der Waals surface area contributed by atoms with Crippen molar-refractivity contribution < 1.29 is 0 Å². The van der Waals surface area contributed by atoms with Gasteiger partial charge in [-0.3, -0.25) is 0 Å². The van der Waals surface area contributed by atoms with Crippen LogP contribution in [0.3, 0.4) is 0 Å². The summed E-state index contributed by atoms with van der Waals surface area (Å²) < 4.78 is 2.50. The van der Waals surface area contributed by atoms with Crippen LogP contribution in [0, 0.1) is 0 Å². The van der Waals surface area contributed by atoms with Crippen molar-refractivity contribution in [2.45, 2.75) is 5.41 Å². The average Bonchev–Trinajstić information content (AvgIpc) is 3.66. The standard InChI is InChI=1S/C41H25N/c1-2-18-31-30(17-1)39(42-37-23-11-6-15-28(37)29-16-7-12-24-38(29)42)25-36-40(31)32-19-5-10-22-35(32)41(36)33-20-8-3-13-26(33)27-14-4-9-21-34(27)41/h1-25H. The van der Waals surface area contributed by atoms with Gasteiger partial charge in [-0.25, -0.2) is 0 Å². The smallest absolute Gasteiger partial charge is 0.0726 e. The summed E-state index contributed by atoms with van der Waals surface area (Å²) in [5.74, 6) is 0. The van der Waals surface area contributed by atoms with Crippen LogP contribution in [-0.4, -0.2) is 4.57 Å². The Labute approximate surface area is 243 Å². The van der Waals surface area contributed by atoms with Gasteiger partial charge in [0, 0.05) is 16.2 Å². The van der Waals surface area contributed by atoms with Gasteiger partial charge < -0.3 is 4.57 Å². The van der Waals surface area contributed by atoms with Crippen LogP contribution in [0.1, 0.15) is 22.3 Å². The van der Waals surface area contributed by atoms with Crippen LogP contribution in [0.15, 0.2) is 152 Å². The molecule has 0 bridgehead atoms. The number of hydrogen-bond acceptors (Lipinski definition) is 0. The van der Waals surface area contributed by atoms with E-state index in [1.807, 2.05) is 0 Å². The number of para-hydroxylation sites is 2. The zero-order chi connectivity index (χ0) is 27.4. The highest BCUT2D eigenvalue weighted by Crippen LogP contribution is 2.64. The van der Waals surface area contributed by atoms with E-state index in [-0.39, 0.29) is 5.41 Å². The van der Waals surface area contributed by atoms with Gasteiger partial charge in [0.05, 0.1) is 22.1 Å². The molecular weight excluding hydrogens is 506 g/mol. The topological polar surface area (TPSA) is 4.93 Å². The predicted molar refractivity (Wildman–Crippen MR) is 175 cm³/mol. The van der Waals surface area contributed by atoms with Crippen molar-refractivity contribution in [3.8, 4) is 27.9 Å². The van der Waals surface area contributed by atoms with Crippen molar-refractivity contribution in [1.82, 2.24) is 4.57 Å². The lowest BCUT2D eigenvalue weighted by Crippen LogP contribution is -2.26. The summed E-state index contributed by atoms with van der Waals surface area (Å²) >= 11 is 0. The second-order valence-electron chi connectivity index (χ2n) is 11.6. The third kappa shape index (κ3) is 2.52. The van der Waals surface area contributed by atoms with Crippen molar-refractivity contribution in [1.29, 1.82) is 0 Å². The fraction of sp³-hybridized carbons (Fsp3) is 0.0244. The fourth-order valence-electron chi connectivity index (χ4n) is 8.30. The first-order chi connectivity index (χ1) is 20.9. The summed E-state index contributed by atoms with van der Waals surface area (Å²) in [7, 11) is 0. The van der Waals surface area contributed by atoms with Crippen LogP contribution in [0.4, 0.5) is 0 Å². The summed E-state index contributed by atoms with van der Waals surface area (Å²) in [6.07, 6.45) is 0. The van der Waals surface area contributed by atoms with E-state index < -0.39 is 0 Å². The summed E-state index contributed by atoms with van der Waals surface area (Å²) in [6, 6.07) is 56.4. The molecule has 0 aliphatic heterocycles. The van der Waals surface area contributed by atoms with Crippen molar-refractivity contribution in [2.24, 2.45) is 0 Å². The van der Waals surface area contributed by atoms with Gasteiger partial charge >= 0.3 is 0 Å². The summed E-state index contributed by atoms with van der Waals surface area (Å²) in [6.45, 7) is 0. The minimum atomic E-state index is -0.378. The lowest BCUT2D eigenvalue weighted by molar-refractivity contribution is 0.793. The Hall–Kier alpha value is -5.40. The third-order valence-electron chi connectivity index (χ3n) is 9.80. The van der Waals surface area contributed by atoms with Crippen molar-refractivity contribution >= 4 is 32.6 Å². The molecule has 0 saturated carbocycles. The molecule has 1 heteroatoms. The van der Waals surface area contributed by atoms with E-state index in [0.717, 1.165) is 0 Å². The summed E-state index contributed by atoms with van der Waals surface area (Å²) in [4.78, 5) is 0. The first-order valence-electron chi connectivity index (χ1n) is 14.7. The van der Waals surface area contributed by atoms with Gasteiger partial charge in [0.2, 0.25) is 0 Å². The zero-order valence-electron chi connectivity index (χ0n) is 22.9. The van der Waals surface area contributed by atoms with E-state index in [9.17, 15) is 0 Å². The second kappa shape index (κ2) is 7.87. The highest BCUT2D eigenvalue weighted by Gasteiger charge is 2.52. The number of hydrogen-bond donors (Lipinski definition) is 0. The molecule has 10 rings (SSSR count).